The van der Waals surface area contributed by atoms with Crippen LogP contribution in [0.25, 0.3) is 0 Å². The Labute approximate surface area is 123 Å². The molecule has 0 radical (unpaired) electrons. The van der Waals surface area contributed by atoms with E-state index < -0.39 is 6.09 Å². The lowest BCUT2D eigenvalue weighted by molar-refractivity contribution is -0.121. The fourth-order valence-electron chi connectivity index (χ4n) is 1.90. The minimum absolute atomic E-state index is 0.00341. The van der Waals surface area contributed by atoms with E-state index in [0.717, 1.165) is 11.4 Å². The Morgan fingerprint density at radius 3 is 2.86 bits per heavy atom. The highest BCUT2D eigenvalue weighted by atomic mass is 16.6. The molecule has 0 unspecified atom stereocenters. The van der Waals surface area contributed by atoms with Gasteiger partial charge in [0.1, 0.15) is 13.2 Å². The first-order valence-electron chi connectivity index (χ1n) is 6.66. The highest BCUT2D eigenvalue weighted by Crippen LogP contribution is 2.07. The zero-order valence-corrected chi connectivity index (χ0v) is 12.4. The van der Waals surface area contributed by atoms with Gasteiger partial charge in [-0.3, -0.25) is 9.69 Å². The summed E-state index contributed by atoms with van der Waals surface area (Å²) < 4.78 is 4.77. The summed E-state index contributed by atoms with van der Waals surface area (Å²) in [6.45, 7) is 2.96. The number of amides is 2. The maximum absolute atomic E-state index is 11.8. The first-order chi connectivity index (χ1) is 9.95. The molecular formula is C13H19N5O3. The van der Waals surface area contributed by atoms with Gasteiger partial charge in [0, 0.05) is 19.8 Å². The van der Waals surface area contributed by atoms with Crippen LogP contribution in [0.4, 0.5) is 10.7 Å². The van der Waals surface area contributed by atoms with E-state index in [1.807, 2.05) is 27.1 Å². The molecule has 0 aliphatic carbocycles. The first-order valence-corrected chi connectivity index (χ1v) is 6.66. The van der Waals surface area contributed by atoms with E-state index in [1.54, 1.807) is 4.90 Å². The Kier molecular flexibility index (Phi) is 4.56. The van der Waals surface area contributed by atoms with Gasteiger partial charge >= 0.3 is 6.09 Å². The van der Waals surface area contributed by atoms with E-state index in [4.69, 9.17) is 4.74 Å². The molecule has 1 aliphatic heterocycles. The number of anilines is 1. The molecular weight excluding hydrogens is 274 g/mol. The van der Waals surface area contributed by atoms with E-state index >= 15 is 0 Å². The summed E-state index contributed by atoms with van der Waals surface area (Å²) in [6, 6.07) is 1.82. The van der Waals surface area contributed by atoms with Crippen molar-refractivity contribution in [3.8, 4) is 0 Å². The fraction of sp³-hybridized carbons (Fsp3) is 0.538. The highest BCUT2D eigenvalue weighted by Gasteiger charge is 2.23. The van der Waals surface area contributed by atoms with Crippen LogP contribution in [0.3, 0.4) is 0 Å². The lowest BCUT2D eigenvalue weighted by atomic mass is 10.3. The molecule has 8 nitrogen and oxygen atoms in total. The lowest BCUT2D eigenvalue weighted by Gasteiger charge is -2.14. The van der Waals surface area contributed by atoms with Crippen LogP contribution in [0, 0.1) is 6.92 Å². The van der Waals surface area contributed by atoms with Crippen molar-refractivity contribution in [3.05, 3.63) is 17.5 Å². The number of aromatic nitrogens is 2. The van der Waals surface area contributed by atoms with Crippen LogP contribution in [-0.2, 0) is 16.1 Å². The van der Waals surface area contributed by atoms with E-state index in [-0.39, 0.29) is 12.5 Å². The lowest BCUT2D eigenvalue weighted by Crippen LogP contribution is -2.37. The van der Waals surface area contributed by atoms with Crippen molar-refractivity contribution in [2.75, 3.05) is 38.7 Å². The number of hydrogen-bond donors (Lipinski definition) is 1. The van der Waals surface area contributed by atoms with Crippen molar-refractivity contribution in [2.45, 2.75) is 13.5 Å². The Morgan fingerprint density at radius 1 is 1.48 bits per heavy atom. The standard InChI is InChI=1S/C13H19N5O3/c1-9-6-10(16-12(15-9)17(2)3)7-14-11(19)8-18-4-5-21-13(18)20/h6H,4-5,7-8H2,1-3H3,(H,14,19). The van der Waals surface area contributed by atoms with E-state index in [0.29, 0.717) is 25.6 Å². The number of nitrogens with one attached hydrogen (secondary N) is 1. The van der Waals surface area contributed by atoms with Gasteiger partial charge in [-0.15, -0.1) is 0 Å². The van der Waals surface area contributed by atoms with Crippen molar-refractivity contribution in [1.82, 2.24) is 20.2 Å². The van der Waals surface area contributed by atoms with Crippen molar-refractivity contribution < 1.29 is 14.3 Å². The van der Waals surface area contributed by atoms with Gasteiger partial charge in [-0.05, 0) is 13.0 Å². The summed E-state index contributed by atoms with van der Waals surface area (Å²) in [5.74, 6) is 0.360. The van der Waals surface area contributed by atoms with E-state index in [1.165, 1.54) is 4.90 Å². The van der Waals surface area contributed by atoms with Gasteiger partial charge in [0.25, 0.3) is 0 Å². The molecule has 1 aromatic rings. The quantitative estimate of drug-likeness (QED) is 0.817. The molecule has 2 rings (SSSR count). The Morgan fingerprint density at radius 2 is 2.24 bits per heavy atom. The predicted octanol–water partition coefficient (Wildman–Crippen LogP) is -0.0806. The molecule has 2 amide bonds. The third-order valence-corrected chi connectivity index (χ3v) is 2.94. The minimum Gasteiger partial charge on any atom is -0.448 e. The summed E-state index contributed by atoms with van der Waals surface area (Å²) in [4.78, 5) is 34.9. The molecule has 0 saturated carbocycles. The maximum atomic E-state index is 11.8. The second kappa shape index (κ2) is 6.38. The number of carbonyl (C=O) groups excluding carboxylic acids is 2. The number of aryl methyl sites for hydroxylation is 1. The van der Waals surface area contributed by atoms with Gasteiger partial charge in [-0.25, -0.2) is 14.8 Å². The number of carbonyl (C=O) groups is 2. The summed E-state index contributed by atoms with van der Waals surface area (Å²) in [5, 5.41) is 2.74. The van der Waals surface area contributed by atoms with Gasteiger partial charge in [-0.2, -0.15) is 0 Å². The van der Waals surface area contributed by atoms with Crippen LogP contribution in [0.5, 0.6) is 0 Å². The molecule has 1 fully saturated rings. The monoisotopic (exact) mass is 293 g/mol. The van der Waals surface area contributed by atoms with Crippen molar-refractivity contribution in [1.29, 1.82) is 0 Å². The largest absolute Gasteiger partial charge is 0.448 e. The zero-order valence-electron chi connectivity index (χ0n) is 12.4. The third kappa shape index (κ3) is 4.04. The summed E-state index contributed by atoms with van der Waals surface area (Å²) in [5.41, 5.74) is 1.56. The fourth-order valence-corrected chi connectivity index (χ4v) is 1.90. The average molecular weight is 293 g/mol. The van der Waals surface area contributed by atoms with E-state index in [2.05, 4.69) is 15.3 Å². The molecule has 114 valence electrons. The van der Waals surface area contributed by atoms with Crippen LogP contribution in [0.2, 0.25) is 0 Å². The Hall–Kier alpha value is -2.38. The van der Waals surface area contributed by atoms with Gasteiger partial charge in [0.15, 0.2) is 0 Å². The third-order valence-electron chi connectivity index (χ3n) is 2.94. The number of hydrogen-bond acceptors (Lipinski definition) is 6. The number of cyclic esters (lactones) is 1. The first kappa shape index (κ1) is 15.0. The predicted molar refractivity (Wildman–Crippen MR) is 75.9 cm³/mol. The SMILES string of the molecule is Cc1cc(CNC(=O)CN2CCOC2=O)nc(N(C)C)n1. The van der Waals surface area contributed by atoms with Crippen LogP contribution in [-0.4, -0.2) is 60.7 Å². The van der Waals surface area contributed by atoms with Crippen molar-refractivity contribution in [2.24, 2.45) is 0 Å². The topological polar surface area (TPSA) is 87.7 Å². The van der Waals surface area contributed by atoms with Crippen LogP contribution >= 0.6 is 0 Å². The molecule has 2 heterocycles. The summed E-state index contributed by atoms with van der Waals surface area (Å²) in [6.07, 6.45) is -0.446. The molecule has 1 N–H and O–H groups in total. The highest BCUT2D eigenvalue weighted by molar-refractivity contribution is 5.82. The second-order valence-corrected chi connectivity index (χ2v) is 5.01. The van der Waals surface area contributed by atoms with Gasteiger partial charge < -0.3 is 15.0 Å². The Balaban J connectivity index is 1.90. The van der Waals surface area contributed by atoms with Crippen molar-refractivity contribution >= 4 is 17.9 Å². The van der Waals surface area contributed by atoms with Crippen LogP contribution in [0.15, 0.2) is 6.07 Å². The molecule has 1 aromatic heterocycles. The number of ether oxygens (including phenoxy) is 1. The molecule has 0 atom stereocenters. The average Bonchev–Trinajstić information content (AvgIpc) is 2.81. The number of rotatable bonds is 5. The van der Waals surface area contributed by atoms with Crippen molar-refractivity contribution in [3.63, 3.8) is 0 Å². The molecule has 0 bridgehead atoms. The molecule has 0 aromatic carbocycles. The number of nitrogens with zero attached hydrogens (tertiary/aromatic N) is 4. The molecule has 1 saturated heterocycles. The summed E-state index contributed by atoms with van der Waals surface area (Å²) in [7, 11) is 3.71. The van der Waals surface area contributed by atoms with Gasteiger partial charge in [0.2, 0.25) is 11.9 Å². The van der Waals surface area contributed by atoms with E-state index in [9.17, 15) is 9.59 Å². The minimum atomic E-state index is -0.446. The second-order valence-electron chi connectivity index (χ2n) is 5.01. The van der Waals surface area contributed by atoms with Gasteiger partial charge in [0.05, 0.1) is 18.8 Å². The van der Waals surface area contributed by atoms with Gasteiger partial charge in [-0.1, -0.05) is 0 Å². The molecule has 0 spiro atoms. The smallest absolute Gasteiger partial charge is 0.410 e. The molecule has 21 heavy (non-hydrogen) atoms. The normalized spacial score (nSPS) is 14.0. The Bertz CT molecular complexity index is 547. The zero-order chi connectivity index (χ0) is 15.4. The maximum Gasteiger partial charge on any atom is 0.410 e. The molecule has 1 aliphatic rings. The van der Waals surface area contributed by atoms with Crippen LogP contribution < -0.4 is 10.2 Å². The molecule has 8 heteroatoms. The van der Waals surface area contributed by atoms with Crippen LogP contribution in [0.1, 0.15) is 11.4 Å². The summed E-state index contributed by atoms with van der Waals surface area (Å²) >= 11 is 0.